The highest BCUT2D eigenvalue weighted by atomic mass is 79.9. The number of ether oxygens (including phenoxy) is 1. The van der Waals surface area contributed by atoms with Crippen molar-refractivity contribution in [1.29, 1.82) is 0 Å². The maximum Gasteiger partial charge on any atom is 0.573 e. The third-order valence-electron chi connectivity index (χ3n) is 2.92. The monoisotopic (exact) mass is 371 g/mol. The number of anilines is 1. The summed E-state index contributed by atoms with van der Waals surface area (Å²) in [6, 6.07) is 4.55. The highest BCUT2D eigenvalue weighted by Crippen LogP contribution is 2.33. The van der Waals surface area contributed by atoms with E-state index >= 15 is 0 Å². The summed E-state index contributed by atoms with van der Waals surface area (Å²) in [5.41, 5.74) is 0.712. The second-order valence-electron chi connectivity index (χ2n) is 4.46. The maximum atomic E-state index is 12.1. The molecule has 0 saturated carbocycles. The fourth-order valence-electron chi connectivity index (χ4n) is 1.97. The second kappa shape index (κ2) is 6.34. The largest absolute Gasteiger partial charge is 0.573 e. The van der Waals surface area contributed by atoms with E-state index in [9.17, 15) is 17.4 Å². The summed E-state index contributed by atoms with van der Waals surface area (Å²) < 4.78 is 51.8. The quantitative estimate of drug-likeness (QED) is 0.880. The van der Waals surface area contributed by atoms with Gasteiger partial charge in [0.25, 0.3) is 0 Å². The standard InChI is InChI=1S/C12H13BrF3NO2S/c13-10-7-9(1-2-11(10)19-12(14,15)16)17-8-3-5-20(18)6-4-8/h1-2,7-8,17H,3-6H2. The molecule has 0 aromatic heterocycles. The minimum absolute atomic E-state index is 0.203. The van der Waals surface area contributed by atoms with Crippen molar-refractivity contribution in [3.05, 3.63) is 22.7 Å². The number of nitrogens with one attached hydrogen (secondary N) is 1. The summed E-state index contributed by atoms with van der Waals surface area (Å²) in [5, 5.41) is 3.23. The molecule has 1 aromatic carbocycles. The fourth-order valence-corrected chi connectivity index (χ4v) is 3.73. The van der Waals surface area contributed by atoms with E-state index in [-0.39, 0.29) is 16.3 Å². The molecule has 1 aliphatic heterocycles. The molecule has 1 aliphatic rings. The summed E-state index contributed by atoms with van der Waals surface area (Å²) in [7, 11) is -0.733. The van der Waals surface area contributed by atoms with Crippen LogP contribution in [0.1, 0.15) is 12.8 Å². The Morgan fingerprint density at radius 1 is 1.30 bits per heavy atom. The molecule has 2 rings (SSSR count). The van der Waals surface area contributed by atoms with Crippen molar-refractivity contribution in [3.8, 4) is 5.75 Å². The molecule has 1 N–H and O–H groups in total. The van der Waals surface area contributed by atoms with Crippen molar-refractivity contribution < 1.29 is 22.1 Å². The summed E-state index contributed by atoms with van der Waals surface area (Å²) in [6.07, 6.45) is -3.11. The van der Waals surface area contributed by atoms with Crippen LogP contribution in [-0.4, -0.2) is 28.1 Å². The Hall–Kier alpha value is -0.760. The molecule has 1 saturated heterocycles. The highest BCUT2D eigenvalue weighted by Gasteiger charge is 2.32. The SMILES string of the molecule is O=S1CCC(Nc2ccc(OC(F)(F)F)c(Br)c2)CC1. The normalized spacial score (nSPS) is 23.4. The number of benzene rings is 1. The number of rotatable bonds is 3. The molecule has 0 bridgehead atoms. The van der Waals surface area contributed by atoms with Crippen molar-refractivity contribution >= 4 is 32.4 Å². The van der Waals surface area contributed by atoms with Gasteiger partial charge in [-0.2, -0.15) is 0 Å². The van der Waals surface area contributed by atoms with Gasteiger partial charge in [-0.25, -0.2) is 0 Å². The number of alkyl halides is 3. The minimum Gasteiger partial charge on any atom is -0.405 e. The van der Waals surface area contributed by atoms with Gasteiger partial charge in [0, 0.05) is 34.0 Å². The lowest BCUT2D eigenvalue weighted by Crippen LogP contribution is -2.29. The zero-order chi connectivity index (χ0) is 14.8. The summed E-state index contributed by atoms with van der Waals surface area (Å²) in [4.78, 5) is 0. The molecule has 3 nitrogen and oxygen atoms in total. The van der Waals surface area contributed by atoms with Crippen LogP contribution in [0.25, 0.3) is 0 Å². The minimum atomic E-state index is -4.70. The van der Waals surface area contributed by atoms with E-state index in [2.05, 4.69) is 26.0 Å². The first-order valence-corrected chi connectivity index (χ1v) is 8.28. The van der Waals surface area contributed by atoms with Crippen molar-refractivity contribution in [3.63, 3.8) is 0 Å². The Morgan fingerprint density at radius 3 is 2.50 bits per heavy atom. The van der Waals surface area contributed by atoms with Crippen LogP contribution in [-0.2, 0) is 10.8 Å². The summed E-state index contributed by atoms with van der Waals surface area (Å²) >= 11 is 3.06. The maximum absolute atomic E-state index is 12.1. The molecular weight excluding hydrogens is 359 g/mol. The number of hydrogen-bond acceptors (Lipinski definition) is 3. The van der Waals surface area contributed by atoms with E-state index in [4.69, 9.17) is 0 Å². The van der Waals surface area contributed by atoms with E-state index in [0.717, 1.165) is 12.8 Å². The van der Waals surface area contributed by atoms with Gasteiger partial charge in [0.1, 0.15) is 5.75 Å². The van der Waals surface area contributed by atoms with Crippen LogP contribution in [0.15, 0.2) is 22.7 Å². The molecule has 0 amide bonds. The van der Waals surface area contributed by atoms with Gasteiger partial charge < -0.3 is 10.1 Å². The summed E-state index contributed by atoms with van der Waals surface area (Å²) in [5.74, 6) is 1.05. The topological polar surface area (TPSA) is 38.3 Å². The number of hydrogen-bond donors (Lipinski definition) is 1. The van der Waals surface area contributed by atoms with Crippen LogP contribution in [0.5, 0.6) is 5.75 Å². The average molecular weight is 372 g/mol. The second-order valence-corrected chi connectivity index (χ2v) is 7.01. The summed E-state index contributed by atoms with van der Waals surface area (Å²) in [6.45, 7) is 0. The van der Waals surface area contributed by atoms with Crippen LogP contribution in [0, 0.1) is 0 Å². The Balaban J connectivity index is 2.00. The van der Waals surface area contributed by atoms with Crippen LogP contribution < -0.4 is 10.1 Å². The lowest BCUT2D eigenvalue weighted by Gasteiger charge is -2.24. The third kappa shape index (κ3) is 4.66. The van der Waals surface area contributed by atoms with Gasteiger partial charge in [-0.3, -0.25) is 4.21 Å². The smallest absolute Gasteiger partial charge is 0.405 e. The van der Waals surface area contributed by atoms with E-state index in [1.807, 2.05) is 0 Å². The van der Waals surface area contributed by atoms with Crippen LogP contribution in [0.2, 0.25) is 0 Å². The third-order valence-corrected chi connectivity index (χ3v) is 4.92. The van der Waals surface area contributed by atoms with Gasteiger partial charge in [-0.1, -0.05) is 0 Å². The predicted molar refractivity (Wildman–Crippen MR) is 75.3 cm³/mol. The first kappa shape index (κ1) is 15.6. The number of halogens is 4. The van der Waals surface area contributed by atoms with Crippen molar-refractivity contribution in [2.75, 3.05) is 16.8 Å². The van der Waals surface area contributed by atoms with Crippen LogP contribution in [0.3, 0.4) is 0 Å². The Bertz CT molecular complexity index is 500. The Kier molecular flexibility index (Phi) is 4.95. The van der Waals surface area contributed by atoms with Crippen molar-refractivity contribution in [2.24, 2.45) is 0 Å². The zero-order valence-electron chi connectivity index (χ0n) is 10.4. The molecule has 20 heavy (non-hydrogen) atoms. The highest BCUT2D eigenvalue weighted by molar-refractivity contribution is 9.10. The average Bonchev–Trinajstić information content (AvgIpc) is 2.34. The molecule has 0 spiro atoms. The Morgan fingerprint density at radius 2 is 1.95 bits per heavy atom. The molecule has 112 valence electrons. The van der Waals surface area contributed by atoms with Gasteiger partial charge in [0.15, 0.2) is 0 Å². The molecule has 1 aromatic rings. The molecule has 0 aliphatic carbocycles. The van der Waals surface area contributed by atoms with Crippen LogP contribution in [0.4, 0.5) is 18.9 Å². The molecule has 0 atom stereocenters. The first-order chi connectivity index (χ1) is 9.33. The molecule has 8 heteroatoms. The van der Waals surface area contributed by atoms with Gasteiger partial charge in [0.2, 0.25) is 0 Å². The van der Waals surface area contributed by atoms with Gasteiger partial charge in [-0.05, 0) is 47.0 Å². The van der Waals surface area contributed by atoms with E-state index in [1.54, 1.807) is 6.07 Å². The molecule has 1 fully saturated rings. The Labute approximate surface area is 125 Å². The zero-order valence-corrected chi connectivity index (χ0v) is 12.8. The van der Waals surface area contributed by atoms with Crippen LogP contribution >= 0.6 is 15.9 Å². The van der Waals surface area contributed by atoms with Gasteiger partial charge >= 0.3 is 6.36 Å². The lowest BCUT2D eigenvalue weighted by atomic mass is 10.1. The van der Waals surface area contributed by atoms with E-state index < -0.39 is 17.2 Å². The molecule has 1 heterocycles. The van der Waals surface area contributed by atoms with Crippen molar-refractivity contribution in [2.45, 2.75) is 25.2 Å². The van der Waals surface area contributed by atoms with Gasteiger partial charge in [-0.15, -0.1) is 13.2 Å². The van der Waals surface area contributed by atoms with Crippen molar-refractivity contribution in [1.82, 2.24) is 0 Å². The van der Waals surface area contributed by atoms with E-state index in [1.165, 1.54) is 12.1 Å². The first-order valence-electron chi connectivity index (χ1n) is 6.00. The fraction of sp³-hybridized carbons (Fsp3) is 0.500. The van der Waals surface area contributed by atoms with E-state index in [0.29, 0.717) is 17.2 Å². The molecular formula is C12H13BrF3NO2S. The molecule has 0 radical (unpaired) electrons. The van der Waals surface area contributed by atoms with Gasteiger partial charge in [0.05, 0.1) is 4.47 Å². The lowest BCUT2D eigenvalue weighted by molar-refractivity contribution is -0.274. The predicted octanol–water partition coefficient (Wildman–Crippen LogP) is 3.67. The molecule has 0 unspecified atom stereocenters.